The Morgan fingerprint density at radius 3 is 2.14 bits per heavy atom. The summed E-state index contributed by atoms with van der Waals surface area (Å²) in [6.07, 6.45) is 2.58. The molecule has 0 aromatic rings. The van der Waals surface area contributed by atoms with E-state index < -0.39 is 0 Å². The standard InChI is InChI=1S/C11H23NO2/c1-5-9(6-2)10(8(3)12)7-11(13)14-4/h8-10H,5-7,12H2,1-4H3. The summed E-state index contributed by atoms with van der Waals surface area (Å²) in [4.78, 5) is 11.2. The summed E-state index contributed by atoms with van der Waals surface area (Å²) in [7, 11) is 1.42. The van der Waals surface area contributed by atoms with Gasteiger partial charge in [0.2, 0.25) is 0 Å². The van der Waals surface area contributed by atoms with Gasteiger partial charge in [0.1, 0.15) is 0 Å². The third kappa shape index (κ3) is 4.09. The lowest BCUT2D eigenvalue weighted by atomic mass is 9.81. The minimum atomic E-state index is -0.154. The van der Waals surface area contributed by atoms with Crippen molar-refractivity contribution in [1.29, 1.82) is 0 Å². The molecular formula is C11H23NO2. The summed E-state index contributed by atoms with van der Waals surface area (Å²) in [6.45, 7) is 6.24. The van der Waals surface area contributed by atoms with E-state index in [1.807, 2.05) is 6.92 Å². The summed E-state index contributed by atoms with van der Waals surface area (Å²) >= 11 is 0. The van der Waals surface area contributed by atoms with Crippen LogP contribution in [0.15, 0.2) is 0 Å². The molecule has 0 aliphatic heterocycles. The third-order valence-corrected chi connectivity index (χ3v) is 2.96. The van der Waals surface area contributed by atoms with E-state index in [1.165, 1.54) is 7.11 Å². The number of nitrogens with two attached hydrogens (primary N) is 1. The molecule has 0 heterocycles. The van der Waals surface area contributed by atoms with E-state index in [9.17, 15) is 4.79 Å². The molecule has 0 aromatic carbocycles. The van der Waals surface area contributed by atoms with E-state index in [-0.39, 0.29) is 17.9 Å². The number of rotatable bonds is 6. The zero-order chi connectivity index (χ0) is 11.1. The molecule has 3 heteroatoms. The fourth-order valence-corrected chi connectivity index (χ4v) is 1.95. The first-order valence-electron chi connectivity index (χ1n) is 5.39. The molecule has 0 radical (unpaired) electrons. The first kappa shape index (κ1) is 13.4. The van der Waals surface area contributed by atoms with Gasteiger partial charge in [-0.1, -0.05) is 26.7 Å². The van der Waals surface area contributed by atoms with Crippen molar-refractivity contribution in [2.45, 2.75) is 46.1 Å². The van der Waals surface area contributed by atoms with Gasteiger partial charge in [-0.3, -0.25) is 4.79 Å². The Labute approximate surface area is 87.0 Å². The topological polar surface area (TPSA) is 52.3 Å². The molecule has 0 saturated heterocycles. The van der Waals surface area contributed by atoms with Crippen molar-refractivity contribution in [1.82, 2.24) is 0 Å². The highest BCUT2D eigenvalue weighted by Gasteiger charge is 2.25. The van der Waals surface area contributed by atoms with Gasteiger partial charge in [-0.2, -0.15) is 0 Å². The Morgan fingerprint density at radius 1 is 1.36 bits per heavy atom. The Balaban J connectivity index is 4.34. The van der Waals surface area contributed by atoms with Crippen molar-refractivity contribution in [2.75, 3.05) is 7.11 Å². The third-order valence-electron chi connectivity index (χ3n) is 2.96. The Hall–Kier alpha value is -0.570. The number of hydrogen-bond donors (Lipinski definition) is 1. The first-order valence-corrected chi connectivity index (χ1v) is 5.39. The summed E-state index contributed by atoms with van der Waals surface area (Å²) < 4.78 is 4.68. The van der Waals surface area contributed by atoms with Crippen LogP contribution in [0.2, 0.25) is 0 Å². The van der Waals surface area contributed by atoms with Gasteiger partial charge < -0.3 is 10.5 Å². The predicted octanol–water partition coefficient (Wildman–Crippen LogP) is 1.95. The number of carbonyl (C=O) groups excluding carboxylic acids is 1. The maximum atomic E-state index is 11.2. The van der Waals surface area contributed by atoms with Gasteiger partial charge >= 0.3 is 5.97 Å². The van der Waals surface area contributed by atoms with Crippen molar-refractivity contribution in [3.05, 3.63) is 0 Å². The second-order valence-corrected chi connectivity index (χ2v) is 3.88. The molecule has 2 unspecified atom stereocenters. The van der Waals surface area contributed by atoms with E-state index >= 15 is 0 Å². The van der Waals surface area contributed by atoms with E-state index in [0.29, 0.717) is 12.3 Å². The van der Waals surface area contributed by atoms with Gasteiger partial charge in [0, 0.05) is 6.04 Å². The molecule has 0 aliphatic carbocycles. The first-order chi connectivity index (χ1) is 6.56. The van der Waals surface area contributed by atoms with E-state index in [1.54, 1.807) is 0 Å². The van der Waals surface area contributed by atoms with Gasteiger partial charge in [0.25, 0.3) is 0 Å². The number of hydrogen-bond acceptors (Lipinski definition) is 3. The summed E-state index contributed by atoms with van der Waals surface area (Å²) in [5, 5.41) is 0. The molecule has 0 amide bonds. The SMILES string of the molecule is CCC(CC)C(CC(=O)OC)C(C)N. The van der Waals surface area contributed by atoms with E-state index in [0.717, 1.165) is 12.8 Å². The van der Waals surface area contributed by atoms with Gasteiger partial charge in [0.15, 0.2) is 0 Å². The average molecular weight is 201 g/mol. The molecule has 0 rings (SSSR count). The zero-order valence-electron chi connectivity index (χ0n) is 9.75. The molecule has 0 fully saturated rings. The Bertz CT molecular complexity index is 165. The van der Waals surface area contributed by atoms with Crippen LogP contribution in [-0.4, -0.2) is 19.1 Å². The van der Waals surface area contributed by atoms with Crippen LogP contribution in [0.1, 0.15) is 40.0 Å². The number of ether oxygens (including phenoxy) is 1. The van der Waals surface area contributed by atoms with Crippen molar-refractivity contribution >= 4 is 5.97 Å². The van der Waals surface area contributed by atoms with Crippen LogP contribution in [0.5, 0.6) is 0 Å². The maximum absolute atomic E-state index is 11.2. The summed E-state index contributed by atoms with van der Waals surface area (Å²) in [5.41, 5.74) is 5.88. The van der Waals surface area contributed by atoms with Crippen molar-refractivity contribution < 1.29 is 9.53 Å². The zero-order valence-corrected chi connectivity index (χ0v) is 9.75. The number of methoxy groups -OCH3 is 1. The van der Waals surface area contributed by atoms with E-state index in [2.05, 4.69) is 18.6 Å². The lowest BCUT2D eigenvalue weighted by molar-refractivity contribution is -0.142. The van der Waals surface area contributed by atoms with Crippen LogP contribution in [0.4, 0.5) is 0 Å². The largest absolute Gasteiger partial charge is 0.469 e. The molecule has 0 aliphatic rings. The van der Waals surface area contributed by atoms with Crippen LogP contribution in [0.3, 0.4) is 0 Å². The lowest BCUT2D eigenvalue weighted by Crippen LogP contribution is -2.34. The molecule has 3 nitrogen and oxygen atoms in total. The average Bonchev–Trinajstić information content (AvgIpc) is 2.17. The lowest BCUT2D eigenvalue weighted by Gasteiger charge is -2.27. The quantitative estimate of drug-likeness (QED) is 0.668. The molecule has 2 atom stereocenters. The number of esters is 1. The molecule has 84 valence electrons. The Morgan fingerprint density at radius 2 is 1.86 bits per heavy atom. The Kier molecular flexibility index (Phi) is 6.54. The minimum absolute atomic E-state index is 0.0546. The predicted molar refractivity (Wildman–Crippen MR) is 57.8 cm³/mol. The van der Waals surface area contributed by atoms with Crippen LogP contribution in [0.25, 0.3) is 0 Å². The van der Waals surface area contributed by atoms with Gasteiger partial charge in [-0.15, -0.1) is 0 Å². The van der Waals surface area contributed by atoms with Gasteiger partial charge in [0.05, 0.1) is 13.5 Å². The smallest absolute Gasteiger partial charge is 0.305 e. The fourth-order valence-electron chi connectivity index (χ4n) is 1.95. The minimum Gasteiger partial charge on any atom is -0.469 e. The van der Waals surface area contributed by atoms with Crippen molar-refractivity contribution in [3.63, 3.8) is 0 Å². The molecule has 2 N–H and O–H groups in total. The molecular weight excluding hydrogens is 178 g/mol. The second-order valence-electron chi connectivity index (χ2n) is 3.88. The van der Waals surface area contributed by atoms with Crippen LogP contribution >= 0.6 is 0 Å². The molecule has 14 heavy (non-hydrogen) atoms. The van der Waals surface area contributed by atoms with Crippen LogP contribution < -0.4 is 5.73 Å². The number of carbonyl (C=O) groups is 1. The summed E-state index contributed by atoms with van der Waals surface area (Å²) in [6, 6.07) is 0.0546. The maximum Gasteiger partial charge on any atom is 0.305 e. The second kappa shape index (κ2) is 6.82. The molecule has 0 saturated carbocycles. The monoisotopic (exact) mass is 201 g/mol. The van der Waals surface area contributed by atoms with Crippen LogP contribution in [0, 0.1) is 11.8 Å². The highest BCUT2D eigenvalue weighted by molar-refractivity contribution is 5.69. The van der Waals surface area contributed by atoms with Gasteiger partial charge in [-0.05, 0) is 18.8 Å². The van der Waals surface area contributed by atoms with Crippen molar-refractivity contribution in [3.8, 4) is 0 Å². The van der Waals surface area contributed by atoms with E-state index in [4.69, 9.17) is 5.73 Å². The summed E-state index contributed by atoms with van der Waals surface area (Å²) in [5.74, 6) is 0.616. The molecule has 0 aromatic heterocycles. The van der Waals surface area contributed by atoms with Gasteiger partial charge in [-0.25, -0.2) is 0 Å². The highest BCUT2D eigenvalue weighted by atomic mass is 16.5. The van der Waals surface area contributed by atoms with Crippen LogP contribution in [-0.2, 0) is 9.53 Å². The molecule has 0 spiro atoms. The highest BCUT2D eigenvalue weighted by Crippen LogP contribution is 2.25. The normalized spacial score (nSPS) is 15.3. The van der Waals surface area contributed by atoms with Crippen molar-refractivity contribution in [2.24, 2.45) is 17.6 Å². The molecule has 0 bridgehead atoms. The fraction of sp³-hybridized carbons (Fsp3) is 0.909.